The van der Waals surface area contributed by atoms with Crippen LogP contribution in [-0.2, 0) is 16.8 Å². The highest BCUT2D eigenvalue weighted by Crippen LogP contribution is 2.48. The molecule has 2 fully saturated rings. The van der Waals surface area contributed by atoms with Crippen LogP contribution in [0.5, 0.6) is 0 Å². The van der Waals surface area contributed by atoms with Gasteiger partial charge in [0.2, 0.25) is 0 Å². The first-order valence-corrected chi connectivity index (χ1v) is 13.3. The van der Waals surface area contributed by atoms with Crippen molar-refractivity contribution < 1.29 is 14.6 Å². The average molecular weight is 478 g/mol. The summed E-state index contributed by atoms with van der Waals surface area (Å²) in [7, 11) is 0. The van der Waals surface area contributed by atoms with Gasteiger partial charge in [0.25, 0.3) is 0 Å². The molecule has 36 heavy (non-hydrogen) atoms. The van der Waals surface area contributed by atoms with Gasteiger partial charge in [0.05, 0.1) is 5.60 Å². The molecule has 2 aliphatic heterocycles. The number of ether oxygens (including phenoxy) is 1. The molecule has 2 bridgehead atoms. The number of rotatable bonds is 3. The van der Waals surface area contributed by atoms with Crippen LogP contribution in [0.3, 0.4) is 0 Å². The Hall–Kier alpha value is -3.37. The Bertz CT molecular complexity index is 1320. The highest BCUT2D eigenvalue weighted by atomic mass is 16.6. The Morgan fingerprint density at radius 2 is 1.58 bits per heavy atom. The first kappa shape index (κ1) is 21.9. The maximum absolute atomic E-state index is 13.5. The molecule has 4 nitrogen and oxygen atoms in total. The van der Waals surface area contributed by atoms with E-state index in [-0.39, 0.29) is 24.1 Å². The van der Waals surface area contributed by atoms with E-state index in [1.807, 2.05) is 4.90 Å². The van der Waals surface area contributed by atoms with Crippen molar-refractivity contribution in [3.8, 4) is 11.1 Å². The van der Waals surface area contributed by atoms with E-state index in [0.29, 0.717) is 19.4 Å². The van der Waals surface area contributed by atoms with Gasteiger partial charge in [-0.15, -0.1) is 0 Å². The predicted molar refractivity (Wildman–Crippen MR) is 141 cm³/mol. The highest BCUT2D eigenvalue weighted by Gasteiger charge is 2.49. The lowest BCUT2D eigenvalue weighted by Crippen LogP contribution is -2.59. The number of aliphatic hydroxyl groups is 1. The third kappa shape index (κ3) is 3.35. The van der Waals surface area contributed by atoms with Gasteiger partial charge in [-0.3, -0.25) is 0 Å². The Balaban J connectivity index is 1.11. The van der Waals surface area contributed by atoms with E-state index >= 15 is 0 Å². The van der Waals surface area contributed by atoms with Crippen molar-refractivity contribution in [2.45, 2.75) is 62.1 Å². The molecule has 3 aromatic carbocycles. The van der Waals surface area contributed by atoms with Gasteiger partial charge >= 0.3 is 6.09 Å². The number of hydrogen-bond donors (Lipinski definition) is 1. The lowest BCUT2D eigenvalue weighted by molar-refractivity contribution is -0.0894. The fraction of sp³-hybridized carbons (Fsp3) is 0.344. The first-order valence-electron chi connectivity index (χ1n) is 13.3. The van der Waals surface area contributed by atoms with Crippen molar-refractivity contribution in [3.63, 3.8) is 0 Å². The summed E-state index contributed by atoms with van der Waals surface area (Å²) >= 11 is 0. The zero-order valence-corrected chi connectivity index (χ0v) is 20.4. The Kier molecular flexibility index (Phi) is 5.07. The van der Waals surface area contributed by atoms with Crippen LogP contribution in [0.4, 0.5) is 4.79 Å². The van der Waals surface area contributed by atoms with Gasteiger partial charge in [-0.25, -0.2) is 4.79 Å². The van der Waals surface area contributed by atoms with Crippen molar-refractivity contribution in [2.75, 3.05) is 6.61 Å². The topological polar surface area (TPSA) is 49.8 Å². The van der Waals surface area contributed by atoms with Gasteiger partial charge in [-0.2, -0.15) is 0 Å². The number of amides is 1. The second-order valence-electron chi connectivity index (χ2n) is 10.9. The predicted octanol–water partition coefficient (Wildman–Crippen LogP) is 6.41. The normalized spacial score (nSPS) is 25.9. The van der Waals surface area contributed by atoms with E-state index in [1.165, 1.54) is 33.4 Å². The van der Waals surface area contributed by atoms with Gasteiger partial charge in [-0.1, -0.05) is 78.9 Å². The molecular weight excluding hydrogens is 446 g/mol. The molecule has 0 saturated carbocycles. The van der Waals surface area contributed by atoms with Crippen molar-refractivity contribution in [3.05, 3.63) is 101 Å². The van der Waals surface area contributed by atoms with E-state index in [2.05, 4.69) is 78.9 Å². The molecule has 2 unspecified atom stereocenters. The van der Waals surface area contributed by atoms with E-state index in [9.17, 15) is 9.90 Å². The number of piperidine rings is 2. The molecule has 2 atom stereocenters. The molecule has 2 aliphatic carbocycles. The van der Waals surface area contributed by atoms with Gasteiger partial charge in [0.1, 0.15) is 6.61 Å². The zero-order valence-electron chi connectivity index (χ0n) is 20.4. The summed E-state index contributed by atoms with van der Waals surface area (Å²) in [5.74, 6) is 0.0577. The molecular formula is C32H31NO3. The average Bonchev–Trinajstić information content (AvgIpc) is 3.49. The van der Waals surface area contributed by atoms with Crippen LogP contribution < -0.4 is 0 Å². The van der Waals surface area contributed by atoms with Crippen molar-refractivity contribution in [2.24, 2.45) is 0 Å². The maximum Gasteiger partial charge on any atom is 0.410 e. The smallest absolute Gasteiger partial charge is 0.410 e. The summed E-state index contributed by atoms with van der Waals surface area (Å²) in [6.45, 7) is 0.338. The number of allylic oxidation sites excluding steroid dienone is 1. The largest absolute Gasteiger partial charge is 0.448 e. The fourth-order valence-corrected chi connectivity index (χ4v) is 7.34. The molecule has 3 aromatic rings. The number of hydrogen-bond acceptors (Lipinski definition) is 3. The van der Waals surface area contributed by atoms with E-state index < -0.39 is 5.60 Å². The lowest BCUT2D eigenvalue weighted by Gasteiger charge is -2.51. The van der Waals surface area contributed by atoms with Crippen molar-refractivity contribution in [1.82, 2.24) is 4.90 Å². The van der Waals surface area contributed by atoms with E-state index in [0.717, 1.165) is 31.2 Å². The summed E-state index contributed by atoms with van der Waals surface area (Å²) < 4.78 is 6.06. The third-order valence-corrected chi connectivity index (χ3v) is 8.89. The summed E-state index contributed by atoms with van der Waals surface area (Å²) in [6.07, 6.45) is 9.03. The monoisotopic (exact) mass is 477 g/mol. The molecule has 0 aromatic heterocycles. The Morgan fingerprint density at radius 1 is 0.917 bits per heavy atom. The standard InChI is InChI=1S/C32H31NO3/c34-31(36-20-29-27-14-3-1-12-25(27)26-13-2-4-15-28(26)29)33-22-10-7-11-23(33)19-32(35,18-22)30-17-6-9-21-8-5-16-24(21)30/h1-6,8-9,12-15,17,22-23,29,35H,7,10-11,16,18-20H2. The summed E-state index contributed by atoms with van der Waals surface area (Å²) in [6, 6.07) is 23.1. The minimum Gasteiger partial charge on any atom is -0.448 e. The van der Waals surface area contributed by atoms with Gasteiger partial charge in [0, 0.05) is 30.8 Å². The van der Waals surface area contributed by atoms with Crippen LogP contribution in [0.25, 0.3) is 17.2 Å². The van der Waals surface area contributed by atoms with Crippen LogP contribution in [0.1, 0.15) is 65.8 Å². The minimum absolute atomic E-state index is 0.00312. The number of carbonyl (C=O) groups excluding carboxylic acids is 1. The fourth-order valence-electron chi connectivity index (χ4n) is 7.34. The third-order valence-electron chi connectivity index (χ3n) is 8.89. The zero-order chi connectivity index (χ0) is 24.3. The molecule has 7 rings (SSSR count). The van der Waals surface area contributed by atoms with Gasteiger partial charge < -0.3 is 14.7 Å². The Morgan fingerprint density at radius 3 is 2.28 bits per heavy atom. The van der Waals surface area contributed by atoms with Gasteiger partial charge in [-0.05, 0) is 64.6 Å². The number of nitrogens with zero attached hydrogens (tertiary/aromatic N) is 1. The van der Waals surface area contributed by atoms with Crippen molar-refractivity contribution >= 4 is 12.2 Å². The quantitative estimate of drug-likeness (QED) is 0.474. The lowest BCUT2D eigenvalue weighted by atomic mass is 9.71. The molecule has 182 valence electrons. The summed E-state index contributed by atoms with van der Waals surface area (Å²) in [5.41, 5.74) is 7.54. The van der Waals surface area contributed by atoms with Crippen molar-refractivity contribution in [1.29, 1.82) is 0 Å². The van der Waals surface area contributed by atoms with Crippen LogP contribution in [0.2, 0.25) is 0 Å². The highest BCUT2D eigenvalue weighted by molar-refractivity contribution is 5.79. The SMILES string of the molecule is O=C(OCC1c2ccccc2-c2ccccc21)N1C2CCCC1CC(O)(c1cccc3c1CC=C3)C2. The molecule has 2 heterocycles. The molecule has 0 radical (unpaired) electrons. The van der Waals surface area contributed by atoms with E-state index in [4.69, 9.17) is 4.74 Å². The number of fused-ring (bicyclic) bond motifs is 6. The molecule has 2 saturated heterocycles. The molecule has 4 aliphatic rings. The second kappa shape index (κ2) is 8.35. The van der Waals surface area contributed by atoms with Crippen LogP contribution in [0, 0.1) is 0 Å². The Labute approximate surface area is 212 Å². The first-order chi connectivity index (χ1) is 17.6. The molecule has 1 N–H and O–H groups in total. The molecule has 0 spiro atoms. The van der Waals surface area contributed by atoms with Crippen LogP contribution in [-0.4, -0.2) is 34.8 Å². The minimum atomic E-state index is -0.896. The summed E-state index contributed by atoms with van der Waals surface area (Å²) in [4.78, 5) is 15.5. The number of carbonyl (C=O) groups is 1. The summed E-state index contributed by atoms with van der Waals surface area (Å²) in [5, 5.41) is 11.9. The second-order valence-corrected chi connectivity index (χ2v) is 10.9. The van der Waals surface area contributed by atoms with E-state index in [1.54, 1.807) is 0 Å². The van der Waals surface area contributed by atoms with Crippen LogP contribution >= 0.6 is 0 Å². The number of benzene rings is 3. The molecule has 4 heteroatoms. The maximum atomic E-state index is 13.5. The van der Waals surface area contributed by atoms with Crippen LogP contribution in [0.15, 0.2) is 72.8 Å². The van der Waals surface area contributed by atoms with Gasteiger partial charge in [0.15, 0.2) is 0 Å². The molecule has 1 amide bonds.